The van der Waals surface area contributed by atoms with Crippen molar-refractivity contribution >= 4 is 11.5 Å². The molecule has 3 N–H and O–H groups in total. The van der Waals surface area contributed by atoms with Crippen molar-refractivity contribution in [2.45, 2.75) is 45.7 Å². The first kappa shape index (κ1) is 14.1. The molecule has 0 amide bonds. The van der Waals surface area contributed by atoms with Gasteiger partial charge in [-0.25, -0.2) is 0 Å². The summed E-state index contributed by atoms with van der Waals surface area (Å²) < 4.78 is 5.95. The van der Waals surface area contributed by atoms with E-state index in [0.29, 0.717) is 6.04 Å². The van der Waals surface area contributed by atoms with Crippen LogP contribution in [0.15, 0.2) is 12.3 Å². The largest absolute Gasteiger partial charge is 0.271 e. The van der Waals surface area contributed by atoms with E-state index < -0.39 is 0 Å². The fourth-order valence-electron chi connectivity index (χ4n) is 1.91. The van der Waals surface area contributed by atoms with Crippen molar-refractivity contribution in [2.75, 3.05) is 0 Å². The first-order valence-corrected chi connectivity index (χ1v) is 7.22. The Kier molecular flexibility index (Phi) is 4.62. The average molecular weight is 280 g/mol. The number of hydrazine groups is 1. The number of nitrogens with zero attached hydrogens (tertiary/aromatic N) is 4. The van der Waals surface area contributed by atoms with Crippen LogP contribution in [0.5, 0.6) is 0 Å². The van der Waals surface area contributed by atoms with Crippen molar-refractivity contribution in [3.63, 3.8) is 0 Å². The summed E-state index contributed by atoms with van der Waals surface area (Å²) in [4.78, 5) is 1.07. The molecule has 2 heterocycles. The van der Waals surface area contributed by atoms with Crippen molar-refractivity contribution in [1.82, 2.24) is 24.8 Å². The third-order valence-electron chi connectivity index (χ3n) is 3.32. The molecule has 2 aromatic heterocycles. The number of aryl methyl sites for hydroxylation is 1. The van der Waals surface area contributed by atoms with Gasteiger partial charge < -0.3 is 0 Å². The van der Waals surface area contributed by atoms with Gasteiger partial charge in [-0.2, -0.15) is 5.10 Å². The highest BCUT2D eigenvalue weighted by Gasteiger charge is 2.18. The zero-order valence-electron chi connectivity index (χ0n) is 11.5. The van der Waals surface area contributed by atoms with Crippen LogP contribution < -0.4 is 11.3 Å². The lowest BCUT2D eigenvalue weighted by molar-refractivity contribution is 0.467. The lowest BCUT2D eigenvalue weighted by Gasteiger charge is -2.13. The van der Waals surface area contributed by atoms with Crippen molar-refractivity contribution in [3.8, 4) is 0 Å². The first-order chi connectivity index (χ1) is 9.15. The quantitative estimate of drug-likeness (QED) is 0.622. The molecule has 0 bridgehead atoms. The Morgan fingerprint density at radius 1 is 1.53 bits per heavy atom. The lowest BCUT2D eigenvalue weighted by Crippen LogP contribution is -2.29. The number of nitrogens with two attached hydrogens (primary N) is 1. The topological polar surface area (TPSA) is 81.7 Å². The SMILES string of the molecule is CCC(C)n1ccc(CC(NN)c2snnc2C)n1. The number of nitrogens with one attached hydrogen (secondary N) is 1. The molecule has 0 saturated heterocycles. The Morgan fingerprint density at radius 2 is 2.32 bits per heavy atom. The van der Waals surface area contributed by atoms with Crippen LogP contribution in [-0.2, 0) is 6.42 Å². The highest BCUT2D eigenvalue weighted by atomic mass is 32.1. The Hall–Kier alpha value is -1.31. The van der Waals surface area contributed by atoms with Crippen LogP contribution in [-0.4, -0.2) is 19.4 Å². The van der Waals surface area contributed by atoms with Crippen LogP contribution in [0, 0.1) is 6.92 Å². The molecule has 0 radical (unpaired) electrons. The van der Waals surface area contributed by atoms with Crippen molar-refractivity contribution in [3.05, 3.63) is 28.5 Å². The molecule has 0 saturated carbocycles. The summed E-state index contributed by atoms with van der Waals surface area (Å²) in [7, 11) is 0. The molecule has 0 aliphatic carbocycles. The van der Waals surface area contributed by atoms with Crippen molar-refractivity contribution in [1.29, 1.82) is 0 Å². The highest BCUT2D eigenvalue weighted by molar-refractivity contribution is 7.05. The summed E-state index contributed by atoms with van der Waals surface area (Å²) in [5, 5.41) is 8.61. The number of aromatic nitrogens is 4. The number of hydrogen-bond donors (Lipinski definition) is 2. The second-order valence-corrected chi connectivity index (χ2v) is 5.48. The van der Waals surface area contributed by atoms with Gasteiger partial charge in [0.15, 0.2) is 0 Å². The second kappa shape index (κ2) is 6.23. The van der Waals surface area contributed by atoms with Gasteiger partial charge in [0, 0.05) is 18.7 Å². The Balaban J connectivity index is 2.11. The highest BCUT2D eigenvalue weighted by Crippen LogP contribution is 2.22. The van der Waals surface area contributed by atoms with Crippen LogP contribution in [0.25, 0.3) is 0 Å². The molecule has 2 unspecified atom stereocenters. The molecule has 0 aromatic carbocycles. The number of hydrogen-bond acceptors (Lipinski definition) is 6. The summed E-state index contributed by atoms with van der Waals surface area (Å²) in [6.45, 7) is 6.26. The molecular formula is C12H20N6S. The second-order valence-electron chi connectivity index (χ2n) is 4.69. The van der Waals surface area contributed by atoms with E-state index in [0.717, 1.165) is 29.1 Å². The van der Waals surface area contributed by atoms with Crippen LogP contribution >= 0.6 is 11.5 Å². The fraction of sp³-hybridized carbons (Fsp3) is 0.583. The van der Waals surface area contributed by atoms with Gasteiger partial charge in [0.2, 0.25) is 0 Å². The Bertz CT molecular complexity index is 520. The van der Waals surface area contributed by atoms with Crippen LogP contribution in [0.1, 0.15) is 48.6 Å². The summed E-state index contributed by atoms with van der Waals surface area (Å²) >= 11 is 1.38. The molecule has 0 fully saturated rings. The predicted molar refractivity (Wildman–Crippen MR) is 75.6 cm³/mol. The molecule has 0 aliphatic rings. The minimum Gasteiger partial charge on any atom is -0.271 e. The molecular weight excluding hydrogens is 260 g/mol. The minimum atomic E-state index is 0.0142. The maximum Gasteiger partial charge on any atom is 0.0773 e. The van der Waals surface area contributed by atoms with Gasteiger partial charge in [-0.05, 0) is 37.9 Å². The molecule has 7 heteroatoms. The molecule has 19 heavy (non-hydrogen) atoms. The Labute approximate surface area is 117 Å². The molecule has 0 spiro atoms. The fourth-order valence-corrected chi connectivity index (χ4v) is 2.61. The van der Waals surface area contributed by atoms with E-state index in [9.17, 15) is 0 Å². The average Bonchev–Trinajstić information content (AvgIpc) is 3.04. The smallest absolute Gasteiger partial charge is 0.0773 e. The van der Waals surface area contributed by atoms with E-state index in [1.54, 1.807) is 0 Å². The molecule has 2 aromatic rings. The Morgan fingerprint density at radius 3 is 2.89 bits per heavy atom. The third-order valence-corrected chi connectivity index (χ3v) is 4.26. The predicted octanol–water partition coefficient (Wildman–Crippen LogP) is 1.76. The summed E-state index contributed by atoms with van der Waals surface area (Å²) in [5.74, 6) is 5.64. The first-order valence-electron chi connectivity index (χ1n) is 6.44. The maximum atomic E-state index is 5.64. The molecule has 104 valence electrons. The molecule has 6 nitrogen and oxygen atoms in total. The van der Waals surface area contributed by atoms with Crippen LogP contribution in [0.2, 0.25) is 0 Å². The molecule has 2 atom stereocenters. The summed E-state index contributed by atoms with van der Waals surface area (Å²) in [6.07, 6.45) is 3.83. The van der Waals surface area contributed by atoms with E-state index in [2.05, 4.69) is 34.0 Å². The van der Waals surface area contributed by atoms with E-state index in [1.165, 1.54) is 11.5 Å². The summed E-state index contributed by atoms with van der Waals surface area (Å²) in [6, 6.07) is 2.48. The van der Waals surface area contributed by atoms with Gasteiger partial charge in [0.05, 0.1) is 22.3 Å². The van der Waals surface area contributed by atoms with Gasteiger partial charge in [-0.1, -0.05) is 11.4 Å². The number of rotatable bonds is 6. The molecule has 0 aliphatic heterocycles. The maximum absolute atomic E-state index is 5.64. The third kappa shape index (κ3) is 3.17. The monoisotopic (exact) mass is 280 g/mol. The zero-order valence-corrected chi connectivity index (χ0v) is 12.3. The van der Waals surface area contributed by atoms with E-state index in [-0.39, 0.29) is 6.04 Å². The lowest BCUT2D eigenvalue weighted by atomic mass is 10.1. The van der Waals surface area contributed by atoms with E-state index >= 15 is 0 Å². The van der Waals surface area contributed by atoms with Crippen molar-refractivity contribution < 1.29 is 0 Å². The van der Waals surface area contributed by atoms with Crippen LogP contribution in [0.4, 0.5) is 0 Å². The van der Waals surface area contributed by atoms with E-state index in [1.807, 2.05) is 23.9 Å². The van der Waals surface area contributed by atoms with Crippen LogP contribution in [0.3, 0.4) is 0 Å². The standard InChI is InChI=1S/C12H20N6S/c1-4-8(2)18-6-5-10(16-18)7-11(14-13)12-9(3)15-17-19-12/h5-6,8,11,14H,4,7,13H2,1-3H3. The minimum absolute atomic E-state index is 0.0142. The van der Waals surface area contributed by atoms with Gasteiger partial charge in [0.25, 0.3) is 0 Å². The van der Waals surface area contributed by atoms with Gasteiger partial charge in [-0.15, -0.1) is 5.10 Å². The van der Waals surface area contributed by atoms with E-state index in [4.69, 9.17) is 5.84 Å². The zero-order chi connectivity index (χ0) is 13.8. The molecule has 2 rings (SSSR count). The van der Waals surface area contributed by atoms with Gasteiger partial charge >= 0.3 is 0 Å². The normalized spacial score (nSPS) is 14.5. The van der Waals surface area contributed by atoms with Gasteiger partial charge in [0.1, 0.15) is 0 Å². The summed E-state index contributed by atoms with van der Waals surface area (Å²) in [5.41, 5.74) is 4.78. The van der Waals surface area contributed by atoms with Crippen molar-refractivity contribution in [2.24, 2.45) is 5.84 Å². The van der Waals surface area contributed by atoms with Gasteiger partial charge in [-0.3, -0.25) is 16.0 Å².